The quantitative estimate of drug-likeness (QED) is 0.704. The molecule has 28 heavy (non-hydrogen) atoms. The summed E-state index contributed by atoms with van der Waals surface area (Å²) in [5, 5.41) is 5.55. The van der Waals surface area contributed by atoms with Crippen molar-refractivity contribution in [3.8, 4) is 0 Å². The average Bonchev–Trinajstić information content (AvgIpc) is 3.42. The van der Waals surface area contributed by atoms with E-state index in [0.717, 1.165) is 18.4 Å². The van der Waals surface area contributed by atoms with Crippen molar-refractivity contribution in [2.75, 3.05) is 0 Å². The molecule has 1 aromatic rings. The van der Waals surface area contributed by atoms with Crippen molar-refractivity contribution in [3.63, 3.8) is 0 Å². The number of rotatable bonds is 7. The summed E-state index contributed by atoms with van der Waals surface area (Å²) < 4.78 is 5.30. The highest BCUT2D eigenvalue weighted by molar-refractivity contribution is 5.97. The number of amides is 2. The maximum atomic E-state index is 12.6. The maximum absolute atomic E-state index is 12.6. The molecule has 1 fully saturated rings. The Morgan fingerprint density at radius 1 is 1.04 bits per heavy atom. The minimum atomic E-state index is -0.891. The molecule has 2 rings (SSSR count). The van der Waals surface area contributed by atoms with Crippen molar-refractivity contribution in [3.05, 3.63) is 35.4 Å². The van der Waals surface area contributed by atoms with Gasteiger partial charge in [-0.1, -0.05) is 46.8 Å². The molecule has 0 bridgehead atoms. The van der Waals surface area contributed by atoms with Crippen LogP contribution in [0, 0.1) is 5.92 Å². The Morgan fingerprint density at radius 3 is 2.07 bits per heavy atom. The number of nitrogens with one attached hydrogen (secondary N) is 2. The minimum absolute atomic E-state index is 0.00351. The van der Waals surface area contributed by atoms with Crippen LogP contribution in [-0.2, 0) is 19.7 Å². The molecule has 2 amide bonds. The van der Waals surface area contributed by atoms with E-state index in [1.54, 1.807) is 19.1 Å². The molecule has 0 radical (unpaired) electrons. The molecule has 1 saturated carbocycles. The van der Waals surface area contributed by atoms with Gasteiger partial charge in [0.25, 0.3) is 11.8 Å². The van der Waals surface area contributed by atoms with Crippen LogP contribution in [0.5, 0.6) is 0 Å². The molecule has 1 aliphatic carbocycles. The van der Waals surface area contributed by atoms with Gasteiger partial charge in [-0.2, -0.15) is 0 Å². The van der Waals surface area contributed by atoms with Gasteiger partial charge in [0.05, 0.1) is 0 Å². The fourth-order valence-electron chi connectivity index (χ4n) is 2.69. The third kappa shape index (κ3) is 6.08. The van der Waals surface area contributed by atoms with Crippen molar-refractivity contribution in [1.29, 1.82) is 0 Å². The van der Waals surface area contributed by atoms with Gasteiger partial charge in [-0.15, -0.1) is 0 Å². The number of benzene rings is 1. The number of ether oxygens (including phenoxy) is 1. The Labute approximate surface area is 167 Å². The zero-order chi connectivity index (χ0) is 21.1. The SMILES string of the molecule is CC(C)[C@H](NC(=O)c1ccc(C(C)(C)C)cc1)C(=O)O[C@H](C)C(=O)NC1CC1. The molecule has 154 valence electrons. The maximum Gasteiger partial charge on any atom is 0.329 e. The molecule has 0 unspecified atom stereocenters. The molecule has 0 heterocycles. The van der Waals surface area contributed by atoms with Crippen LogP contribution < -0.4 is 10.6 Å². The van der Waals surface area contributed by atoms with Gasteiger partial charge in [0.15, 0.2) is 6.10 Å². The lowest BCUT2D eigenvalue weighted by atomic mass is 9.86. The highest BCUT2D eigenvalue weighted by atomic mass is 16.5. The van der Waals surface area contributed by atoms with E-state index in [9.17, 15) is 14.4 Å². The summed E-state index contributed by atoms with van der Waals surface area (Å²) in [4.78, 5) is 37.1. The van der Waals surface area contributed by atoms with E-state index >= 15 is 0 Å². The molecule has 1 aliphatic rings. The lowest BCUT2D eigenvalue weighted by Gasteiger charge is -2.23. The van der Waals surface area contributed by atoms with Gasteiger partial charge in [-0.25, -0.2) is 4.79 Å². The van der Waals surface area contributed by atoms with Crippen LogP contribution >= 0.6 is 0 Å². The van der Waals surface area contributed by atoms with Crippen LogP contribution in [0.1, 0.15) is 70.3 Å². The van der Waals surface area contributed by atoms with Gasteiger partial charge >= 0.3 is 5.97 Å². The van der Waals surface area contributed by atoms with Crippen LogP contribution in [0.4, 0.5) is 0 Å². The number of carbonyl (C=O) groups is 3. The molecule has 0 aromatic heterocycles. The standard InChI is InChI=1S/C22H32N2O4/c1-13(2)18(21(27)28-14(3)19(25)23-17-11-12-17)24-20(26)15-7-9-16(10-8-15)22(4,5)6/h7-10,13-14,17-18H,11-12H2,1-6H3,(H,23,25)(H,24,26)/t14-,18+/m1/s1. The monoisotopic (exact) mass is 388 g/mol. The highest BCUT2D eigenvalue weighted by Crippen LogP contribution is 2.22. The Bertz CT molecular complexity index is 715. The van der Waals surface area contributed by atoms with Gasteiger partial charge in [-0.05, 0) is 48.8 Å². The van der Waals surface area contributed by atoms with E-state index in [1.807, 2.05) is 26.0 Å². The fourth-order valence-corrected chi connectivity index (χ4v) is 2.69. The largest absolute Gasteiger partial charge is 0.451 e. The van der Waals surface area contributed by atoms with Crippen LogP contribution in [0.2, 0.25) is 0 Å². The van der Waals surface area contributed by atoms with Gasteiger partial charge in [0, 0.05) is 11.6 Å². The second-order valence-corrected chi connectivity index (χ2v) is 8.88. The Balaban J connectivity index is 1.99. The van der Waals surface area contributed by atoms with Crippen molar-refractivity contribution in [1.82, 2.24) is 10.6 Å². The van der Waals surface area contributed by atoms with Gasteiger partial charge in [0.2, 0.25) is 0 Å². The highest BCUT2D eigenvalue weighted by Gasteiger charge is 2.31. The predicted molar refractivity (Wildman–Crippen MR) is 108 cm³/mol. The lowest BCUT2D eigenvalue weighted by molar-refractivity contribution is -0.157. The van der Waals surface area contributed by atoms with Gasteiger partial charge in [-0.3, -0.25) is 9.59 Å². The van der Waals surface area contributed by atoms with E-state index < -0.39 is 18.1 Å². The molecule has 0 saturated heterocycles. The van der Waals surface area contributed by atoms with Crippen LogP contribution in [0.3, 0.4) is 0 Å². The number of hydrogen-bond acceptors (Lipinski definition) is 4. The van der Waals surface area contributed by atoms with Gasteiger partial charge < -0.3 is 15.4 Å². The number of hydrogen-bond donors (Lipinski definition) is 2. The van der Waals surface area contributed by atoms with E-state index in [4.69, 9.17) is 4.74 Å². The fraction of sp³-hybridized carbons (Fsp3) is 0.591. The molecule has 2 atom stereocenters. The first-order valence-electron chi connectivity index (χ1n) is 9.91. The van der Waals surface area contributed by atoms with Crippen molar-refractivity contribution < 1.29 is 19.1 Å². The zero-order valence-electron chi connectivity index (χ0n) is 17.7. The molecule has 0 spiro atoms. The number of esters is 1. The molecule has 1 aromatic carbocycles. The zero-order valence-corrected chi connectivity index (χ0v) is 17.7. The molecular formula is C22H32N2O4. The Kier molecular flexibility index (Phi) is 6.86. The molecule has 6 nitrogen and oxygen atoms in total. The predicted octanol–water partition coefficient (Wildman–Crippen LogP) is 2.95. The lowest BCUT2D eigenvalue weighted by Crippen LogP contribution is -2.47. The Hall–Kier alpha value is -2.37. The molecule has 6 heteroatoms. The Morgan fingerprint density at radius 2 is 1.61 bits per heavy atom. The van der Waals surface area contributed by atoms with Crippen molar-refractivity contribution in [2.45, 2.75) is 78.0 Å². The molecular weight excluding hydrogens is 356 g/mol. The van der Waals surface area contributed by atoms with Crippen molar-refractivity contribution >= 4 is 17.8 Å². The van der Waals surface area contributed by atoms with E-state index in [2.05, 4.69) is 31.4 Å². The minimum Gasteiger partial charge on any atom is -0.451 e. The summed E-state index contributed by atoms with van der Waals surface area (Å²) in [5.74, 6) is -1.43. The van der Waals surface area contributed by atoms with Crippen molar-refractivity contribution in [2.24, 2.45) is 5.92 Å². The van der Waals surface area contributed by atoms with E-state index in [1.165, 1.54) is 0 Å². The normalized spacial score (nSPS) is 16.2. The third-order valence-electron chi connectivity index (χ3n) is 4.81. The number of carbonyl (C=O) groups excluding carboxylic acids is 3. The van der Waals surface area contributed by atoms with Crippen LogP contribution in [0.15, 0.2) is 24.3 Å². The summed E-state index contributed by atoms with van der Waals surface area (Å²) in [6, 6.07) is 6.72. The van der Waals surface area contributed by atoms with E-state index in [0.29, 0.717) is 5.56 Å². The van der Waals surface area contributed by atoms with Gasteiger partial charge in [0.1, 0.15) is 6.04 Å². The summed E-state index contributed by atoms with van der Waals surface area (Å²) in [6.07, 6.45) is 1.04. The topological polar surface area (TPSA) is 84.5 Å². The summed E-state index contributed by atoms with van der Waals surface area (Å²) in [6.45, 7) is 11.5. The first kappa shape index (κ1) is 21.9. The van der Waals surface area contributed by atoms with E-state index in [-0.39, 0.29) is 29.2 Å². The second kappa shape index (κ2) is 8.76. The molecule has 0 aliphatic heterocycles. The summed E-state index contributed by atoms with van der Waals surface area (Å²) >= 11 is 0. The summed E-state index contributed by atoms with van der Waals surface area (Å²) in [5.41, 5.74) is 1.60. The van der Waals surface area contributed by atoms with Crippen LogP contribution in [-0.4, -0.2) is 36.0 Å². The second-order valence-electron chi connectivity index (χ2n) is 8.88. The smallest absolute Gasteiger partial charge is 0.329 e. The first-order valence-corrected chi connectivity index (χ1v) is 9.91. The molecule has 2 N–H and O–H groups in total. The summed E-state index contributed by atoms with van der Waals surface area (Å²) in [7, 11) is 0. The average molecular weight is 389 g/mol. The van der Waals surface area contributed by atoms with Crippen LogP contribution in [0.25, 0.3) is 0 Å². The first-order chi connectivity index (χ1) is 13.0. The third-order valence-corrected chi connectivity index (χ3v) is 4.81.